The molecule has 2 heterocycles. The van der Waals surface area contributed by atoms with Gasteiger partial charge < -0.3 is 14.4 Å². The number of nitrogens with zero attached hydrogens (tertiary/aromatic N) is 3. The highest BCUT2D eigenvalue weighted by Gasteiger charge is 2.45. The van der Waals surface area contributed by atoms with E-state index in [1.165, 1.54) is 50.5 Å². The van der Waals surface area contributed by atoms with Crippen LogP contribution < -0.4 is 9.64 Å². The molecule has 172 valence electrons. The molecule has 0 bridgehead atoms. The number of hydrogen-bond donors (Lipinski definition) is 0. The van der Waals surface area contributed by atoms with Gasteiger partial charge in [0, 0.05) is 31.5 Å². The van der Waals surface area contributed by atoms with Gasteiger partial charge >= 0.3 is 5.97 Å². The molecule has 0 unspecified atom stereocenters. The highest BCUT2D eigenvalue weighted by Crippen LogP contribution is 2.54. The number of methoxy groups -OCH3 is 1. The van der Waals surface area contributed by atoms with E-state index in [1.54, 1.807) is 6.07 Å². The molecule has 0 radical (unpaired) electrons. The summed E-state index contributed by atoms with van der Waals surface area (Å²) in [5.74, 6) is 0.764. The van der Waals surface area contributed by atoms with Crippen LogP contribution in [0, 0.1) is 17.2 Å². The lowest BCUT2D eigenvalue weighted by molar-refractivity contribution is 0.0205. The molecule has 1 aliphatic heterocycles. The smallest absolute Gasteiger partial charge is 0.340 e. The topological polar surface area (TPSA) is 64.6 Å². The van der Waals surface area contributed by atoms with Gasteiger partial charge in [-0.05, 0) is 74.0 Å². The molecule has 1 aliphatic carbocycles. The Morgan fingerprint density at radius 2 is 1.94 bits per heavy atom. The molecule has 1 saturated carbocycles. The molecule has 4 rings (SSSR count). The number of benzene rings is 1. The SMILES string of the molecule is CCc1cnc(N2CCC3(CC2)CC(CCCOc2ccc(C(=O)OC)c(F)c2)C3)nc1. The minimum atomic E-state index is -0.680. The van der Waals surface area contributed by atoms with Gasteiger partial charge in [0.2, 0.25) is 5.95 Å². The summed E-state index contributed by atoms with van der Waals surface area (Å²) in [5, 5.41) is 0. The van der Waals surface area contributed by atoms with Crippen LogP contribution in [0.5, 0.6) is 5.75 Å². The lowest BCUT2D eigenvalue weighted by Gasteiger charge is -2.52. The number of carbonyl (C=O) groups is 1. The van der Waals surface area contributed by atoms with E-state index >= 15 is 0 Å². The van der Waals surface area contributed by atoms with Gasteiger partial charge in [0.15, 0.2) is 0 Å². The normalized spacial score (nSPS) is 17.8. The van der Waals surface area contributed by atoms with Gasteiger partial charge in [0.1, 0.15) is 11.6 Å². The fourth-order valence-electron chi connectivity index (χ4n) is 5.08. The maximum Gasteiger partial charge on any atom is 0.340 e. The highest BCUT2D eigenvalue weighted by molar-refractivity contribution is 5.89. The summed E-state index contributed by atoms with van der Waals surface area (Å²) in [7, 11) is 1.24. The number of carbonyl (C=O) groups excluding carboxylic acids is 1. The Labute approximate surface area is 189 Å². The first-order chi connectivity index (χ1) is 15.5. The van der Waals surface area contributed by atoms with E-state index in [2.05, 4.69) is 26.5 Å². The van der Waals surface area contributed by atoms with Crippen molar-refractivity contribution in [1.82, 2.24) is 9.97 Å². The fourth-order valence-corrected chi connectivity index (χ4v) is 5.08. The lowest BCUT2D eigenvalue weighted by Crippen LogP contribution is -2.47. The van der Waals surface area contributed by atoms with Crippen LogP contribution in [-0.2, 0) is 11.2 Å². The minimum absolute atomic E-state index is 0.0739. The van der Waals surface area contributed by atoms with Crippen molar-refractivity contribution in [1.29, 1.82) is 0 Å². The summed E-state index contributed by atoms with van der Waals surface area (Å²) in [4.78, 5) is 22.8. The molecule has 0 N–H and O–H groups in total. The number of hydrogen-bond acceptors (Lipinski definition) is 6. The van der Waals surface area contributed by atoms with Crippen LogP contribution in [0.15, 0.2) is 30.6 Å². The van der Waals surface area contributed by atoms with Crippen LogP contribution in [-0.4, -0.2) is 42.7 Å². The number of esters is 1. The van der Waals surface area contributed by atoms with Crippen molar-refractivity contribution in [2.75, 3.05) is 31.7 Å². The van der Waals surface area contributed by atoms with Gasteiger partial charge in [-0.15, -0.1) is 0 Å². The Morgan fingerprint density at radius 1 is 1.22 bits per heavy atom. The number of halogens is 1. The molecular weight excluding hydrogens is 409 g/mol. The first kappa shape index (κ1) is 22.5. The Balaban J connectivity index is 1.15. The standard InChI is InChI=1S/C25H32FN3O3/c1-3-18-16-27-24(28-17-18)29-10-8-25(9-11-29)14-19(15-25)5-4-12-32-20-6-7-21(22(26)13-20)23(30)31-2/h6-7,13,16-17,19H,3-5,8-12,14-15H2,1-2H3. The van der Waals surface area contributed by atoms with E-state index in [0.717, 1.165) is 44.2 Å². The van der Waals surface area contributed by atoms with E-state index in [-0.39, 0.29) is 5.56 Å². The Hall–Kier alpha value is -2.70. The zero-order valence-corrected chi connectivity index (χ0v) is 19.0. The van der Waals surface area contributed by atoms with Crippen LogP contribution in [0.25, 0.3) is 0 Å². The number of anilines is 1. The van der Waals surface area contributed by atoms with Gasteiger partial charge in [-0.25, -0.2) is 19.2 Å². The molecule has 32 heavy (non-hydrogen) atoms. The molecule has 0 amide bonds. The van der Waals surface area contributed by atoms with E-state index in [0.29, 0.717) is 17.8 Å². The number of ether oxygens (including phenoxy) is 2. The van der Waals surface area contributed by atoms with Gasteiger partial charge in [-0.1, -0.05) is 6.92 Å². The number of aromatic nitrogens is 2. The van der Waals surface area contributed by atoms with Crippen LogP contribution in [0.4, 0.5) is 10.3 Å². The Kier molecular flexibility index (Phi) is 6.92. The first-order valence-corrected chi connectivity index (χ1v) is 11.6. The van der Waals surface area contributed by atoms with E-state index in [4.69, 9.17) is 4.74 Å². The summed E-state index contributed by atoms with van der Waals surface area (Å²) < 4.78 is 24.2. The van der Waals surface area contributed by atoms with Gasteiger partial charge in [-0.3, -0.25) is 0 Å². The summed E-state index contributed by atoms with van der Waals surface area (Å²) in [6, 6.07) is 4.26. The maximum absolute atomic E-state index is 14.0. The van der Waals surface area contributed by atoms with Crippen molar-refractivity contribution in [2.45, 2.75) is 51.9 Å². The predicted octanol–water partition coefficient (Wildman–Crippen LogP) is 4.82. The van der Waals surface area contributed by atoms with E-state index < -0.39 is 11.8 Å². The second kappa shape index (κ2) is 9.84. The summed E-state index contributed by atoms with van der Waals surface area (Å²) in [6.07, 6.45) is 11.9. The summed E-state index contributed by atoms with van der Waals surface area (Å²) in [6.45, 7) is 4.74. The second-order valence-electron chi connectivity index (χ2n) is 9.13. The third kappa shape index (κ3) is 5.03. The van der Waals surface area contributed by atoms with Crippen molar-refractivity contribution >= 4 is 11.9 Å². The zero-order chi connectivity index (χ0) is 22.6. The average molecular weight is 442 g/mol. The van der Waals surface area contributed by atoms with Crippen LogP contribution in [0.2, 0.25) is 0 Å². The average Bonchev–Trinajstić information content (AvgIpc) is 2.80. The molecule has 1 spiro atoms. The second-order valence-corrected chi connectivity index (χ2v) is 9.13. The fraction of sp³-hybridized carbons (Fsp3) is 0.560. The maximum atomic E-state index is 14.0. The quantitative estimate of drug-likeness (QED) is 0.432. The van der Waals surface area contributed by atoms with Gasteiger partial charge in [-0.2, -0.15) is 0 Å². The van der Waals surface area contributed by atoms with Gasteiger partial charge in [0.25, 0.3) is 0 Å². The largest absolute Gasteiger partial charge is 0.493 e. The molecule has 1 aromatic carbocycles. The molecule has 2 aromatic rings. The van der Waals surface area contributed by atoms with Crippen molar-refractivity contribution < 1.29 is 18.7 Å². The van der Waals surface area contributed by atoms with Crippen molar-refractivity contribution in [2.24, 2.45) is 11.3 Å². The molecular formula is C25H32FN3O3. The number of aryl methyl sites for hydroxylation is 1. The van der Waals surface area contributed by atoms with Crippen molar-refractivity contribution in [3.63, 3.8) is 0 Å². The van der Waals surface area contributed by atoms with Crippen LogP contribution in [0.3, 0.4) is 0 Å². The van der Waals surface area contributed by atoms with Crippen molar-refractivity contribution in [3.8, 4) is 5.75 Å². The molecule has 0 atom stereocenters. The summed E-state index contributed by atoms with van der Waals surface area (Å²) in [5.41, 5.74) is 1.60. The Morgan fingerprint density at radius 3 is 2.56 bits per heavy atom. The molecule has 1 aromatic heterocycles. The van der Waals surface area contributed by atoms with Crippen LogP contribution in [0.1, 0.15) is 61.4 Å². The van der Waals surface area contributed by atoms with Crippen molar-refractivity contribution in [3.05, 3.63) is 47.5 Å². The predicted molar refractivity (Wildman–Crippen MR) is 120 cm³/mol. The molecule has 7 heteroatoms. The number of piperidine rings is 1. The molecule has 2 aliphatic rings. The monoisotopic (exact) mass is 441 g/mol. The lowest BCUT2D eigenvalue weighted by atomic mass is 9.56. The van der Waals surface area contributed by atoms with E-state index in [9.17, 15) is 9.18 Å². The van der Waals surface area contributed by atoms with Crippen LogP contribution >= 0.6 is 0 Å². The first-order valence-electron chi connectivity index (χ1n) is 11.6. The summed E-state index contributed by atoms with van der Waals surface area (Å²) >= 11 is 0. The van der Waals surface area contributed by atoms with Gasteiger partial charge in [0.05, 0.1) is 19.3 Å². The van der Waals surface area contributed by atoms with E-state index in [1.807, 2.05) is 12.4 Å². The number of rotatable bonds is 8. The Bertz CT molecular complexity index is 919. The molecule has 1 saturated heterocycles. The third-order valence-corrected chi connectivity index (χ3v) is 7.02. The zero-order valence-electron chi connectivity index (χ0n) is 19.0. The highest BCUT2D eigenvalue weighted by atomic mass is 19.1. The third-order valence-electron chi connectivity index (χ3n) is 7.02. The molecule has 6 nitrogen and oxygen atoms in total. The molecule has 2 fully saturated rings. The minimum Gasteiger partial charge on any atom is -0.493 e.